The first kappa shape index (κ1) is 29.5. The zero-order valence-corrected chi connectivity index (χ0v) is 25.8. The summed E-state index contributed by atoms with van der Waals surface area (Å²) in [5.74, 6) is -1.83. The van der Waals surface area contributed by atoms with Gasteiger partial charge < -0.3 is 14.6 Å². The molecule has 0 amide bonds. The highest BCUT2D eigenvalue weighted by Crippen LogP contribution is 2.73. The predicted molar refractivity (Wildman–Crippen MR) is 151 cm³/mol. The summed E-state index contributed by atoms with van der Waals surface area (Å²) in [4.78, 5) is 25.5. The Balaban J connectivity index is 1.36. The molecule has 1 N–H and O–H groups in total. The van der Waals surface area contributed by atoms with Gasteiger partial charge in [0.15, 0.2) is 23.0 Å². The van der Waals surface area contributed by atoms with E-state index in [0.29, 0.717) is 32.1 Å². The maximum atomic E-state index is 14.2. The van der Waals surface area contributed by atoms with E-state index >= 15 is 0 Å². The number of ether oxygens (including phenoxy) is 2. The average molecular weight is 607 g/mol. The zero-order valence-electron chi connectivity index (χ0n) is 24.2. The van der Waals surface area contributed by atoms with Crippen LogP contribution in [-0.2, 0) is 33.4 Å². The van der Waals surface area contributed by atoms with Crippen LogP contribution in [0.25, 0.3) is 0 Å². The molecule has 1 saturated heterocycles. The monoisotopic (exact) mass is 606 g/mol. The fourth-order valence-electron chi connectivity index (χ4n) is 9.18. The molecule has 4 fully saturated rings. The van der Waals surface area contributed by atoms with E-state index in [1.54, 1.807) is 32.1 Å². The lowest BCUT2D eigenvalue weighted by Gasteiger charge is -2.65. The van der Waals surface area contributed by atoms with Crippen molar-refractivity contribution in [1.29, 1.82) is 0 Å². The summed E-state index contributed by atoms with van der Waals surface area (Å²) < 4.78 is 44.2. The molecule has 8 atom stereocenters. The predicted octanol–water partition coefficient (Wildman–Crippen LogP) is 4.63. The van der Waals surface area contributed by atoms with E-state index in [0.717, 1.165) is 11.1 Å². The average Bonchev–Trinajstić information content (AvgIpc) is 3.30. The fraction of sp³-hybridized carbons (Fsp3) is 0.677. The third-order valence-electron chi connectivity index (χ3n) is 11.1. The topological polar surface area (TPSA) is 116 Å². The van der Waals surface area contributed by atoms with Crippen molar-refractivity contribution < 1.29 is 36.8 Å². The Morgan fingerprint density at radius 2 is 1.80 bits per heavy atom. The Morgan fingerprint density at radius 1 is 1.12 bits per heavy atom. The summed E-state index contributed by atoms with van der Waals surface area (Å²) in [7, 11) is -4.20. The van der Waals surface area contributed by atoms with Crippen LogP contribution in [0.5, 0.6) is 0 Å². The van der Waals surface area contributed by atoms with Gasteiger partial charge >= 0.3 is 0 Å². The maximum Gasteiger partial charge on any atom is 0.297 e. The number of rotatable bonds is 5. The van der Waals surface area contributed by atoms with Crippen LogP contribution < -0.4 is 0 Å². The number of ketones is 2. The smallest absolute Gasteiger partial charge is 0.297 e. The largest absolute Gasteiger partial charge is 0.391 e. The molecule has 0 unspecified atom stereocenters. The number of carbonyl (C=O) groups excluding carboxylic acids is 2. The number of hydrogen-bond donors (Lipinski definition) is 1. The van der Waals surface area contributed by atoms with Crippen molar-refractivity contribution in [1.82, 2.24) is 0 Å². The van der Waals surface area contributed by atoms with Gasteiger partial charge in [-0.25, -0.2) is 0 Å². The van der Waals surface area contributed by atoms with Crippen LogP contribution in [0, 0.1) is 29.6 Å². The summed E-state index contributed by atoms with van der Waals surface area (Å²) >= 11 is 7.58. The minimum absolute atomic E-state index is 0.0327. The summed E-state index contributed by atoms with van der Waals surface area (Å²) in [5.41, 5.74) is -1.09. The van der Waals surface area contributed by atoms with Gasteiger partial charge in [0.1, 0.15) is 6.61 Å². The second-order valence-electron chi connectivity index (χ2n) is 13.7. The summed E-state index contributed by atoms with van der Waals surface area (Å²) in [5, 5.41) is 11.9. The first-order chi connectivity index (χ1) is 19.0. The number of aliphatic hydroxyl groups is 1. The van der Waals surface area contributed by atoms with Gasteiger partial charge in [0, 0.05) is 17.3 Å². The number of alkyl halides is 1. The van der Waals surface area contributed by atoms with Gasteiger partial charge in [-0.2, -0.15) is 8.42 Å². The van der Waals surface area contributed by atoms with Gasteiger partial charge in [-0.3, -0.25) is 13.8 Å². The lowest BCUT2D eigenvalue weighted by Crippen LogP contribution is -2.70. The minimum Gasteiger partial charge on any atom is -0.391 e. The Hall–Kier alpha value is -1.62. The van der Waals surface area contributed by atoms with E-state index in [1.165, 1.54) is 12.1 Å². The lowest BCUT2D eigenvalue weighted by atomic mass is 9.44. The highest BCUT2D eigenvalue weighted by Gasteiger charge is 2.79. The van der Waals surface area contributed by atoms with Crippen molar-refractivity contribution in [3.63, 3.8) is 0 Å². The number of benzene rings is 1. The van der Waals surface area contributed by atoms with Crippen LogP contribution in [0.15, 0.2) is 40.8 Å². The standard InChI is InChI=1S/C31H39ClO8S/c1-18-6-9-21(10-7-18)41(36,37)38-17-25(35)31-26(39-27(2,3)40-31)15-23-22-11-8-19-14-20(33)12-13-28(19,4)30(22,32)24(34)16-29(23,31)5/h6-7,9-10,14,22-24,26,34H,8,11-13,15-17H2,1-5H3/t22-,23-,24-,26+,28-,29-,30-,31+/m0/s1. The number of Topliss-reactive ketones (excluding diaryl/α,β-unsaturated/α-hetero) is 1. The van der Waals surface area contributed by atoms with Crippen LogP contribution in [-0.4, -0.2) is 60.2 Å². The molecular formula is C31H39ClO8S. The van der Waals surface area contributed by atoms with E-state index < -0.39 is 61.8 Å². The molecule has 1 heterocycles. The maximum absolute atomic E-state index is 14.2. The third-order valence-corrected chi connectivity index (χ3v) is 13.3. The number of halogens is 1. The normalized spacial score (nSPS) is 43.0. The van der Waals surface area contributed by atoms with Gasteiger partial charge in [-0.15, -0.1) is 11.6 Å². The van der Waals surface area contributed by atoms with Crippen LogP contribution in [0.3, 0.4) is 0 Å². The highest BCUT2D eigenvalue weighted by molar-refractivity contribution is 7.86. The number of carbonyl (C=O) groups is 2. The summed E-state index contributed by atoms with van der Waals surface area (Å²) in [6.45, 7) is 8.63. The van der Waals surface area contributed by atoms with Crippen molar-refractivity contribution in [2.24, 2.45) is 22.7 Å². The number of allylic oxidation sites excluding steroid dienone is 1. The molecule has 0 spiro atoms. The first-order valence-corrected chi connectivity index (χ1v) is 16.3. The zero-order chi connectivity index (χ0) is 29.8. The number of hydrogen-bond acceptors (Lipinski definition) is 8. The molecule has 0 bridgehead atoms. The van der Waals surface area contributed by atoms with Crippen molar-refractivity contribution in [2.45, 2.75) is 107 Å². The van der Waals surface area contributed by atoms with Crippen molar-refractivity contribution in [2.75, 3.05) is 6.61 Å². The minimum atomic E-state index is -4.20. The van der Waals surface area contributed by atoms with E-state index in [1.807, 2.05) is 13.8 Å². The van der Waals surface area contributed by atoms with E-state index in [-0.39, 0.29) is 28.9 Å². The van der Waals surface area contributed by atoms with Crippen molar-refractivity contribution in [3.8, 4) is 0 Å². The SMILES string of the molecule is Cc1ccc(S(=O)(=O)OCC(=O)[C@@]23OC(C)(C)O[C@@H]2C[C@H]2[C@@H]4CCC5=CC(=O)CC[C@]5(C)[C@@]4(Cl)[C@@H](O)C[C@@]23C)cc1. The molecule has 6 rings (SSSR count). The molecule has 0 radical (unpaired) electrons. The third kappa shape index (κ3) is 3.95. The van der Waals surface area contributed by atoms with Crippen LogP contribution in [0.2, 0.25) is 0 Å². The first-order valence-electron chi connectivity index (χ1n) is 14.5. The highest BCUT2D eigenvalue weighted by atomic mass is 35.5. The molecule has 224 valence electrons. The Labute approximate surface area is 246 Å². The van der Waals surface area contributed by atoms with Crippen LogP contribution in [0.1, 0.15) is 71.8 Å². The van der Waals surface area contributed by atoms with Gasteiger partial charge in [-0.1, -0.05) is 37.1 Å². The molecule has 1 aromatic carbocycles. The summed E-state index contributed by atoms with van der Waals surface area (Å²) in [6, 6.07) is 6.23. The van der Waals surface area contributed by atoms with E-state index in [9.17, 15) is 23.1 Å². The molecular weight excluding hydrogens is 568 g/mol. The molecule has 1 aliphatic heterocycles. The molecule has 8 nitrogen and oxygen atoms in total. The molecule has 10 heteroatoms. The van der Waals surface area contributed by atoms with Crippen LogP contribution >= 0.6 is 11.6 Å². The van der Waals surface area contributed by atoms with E-state index in [4.69, 9.17) is 25.3 Å². The van der Waals surface area contributed by atoms with Gasteiger partial charge in [0.25, 0.3) is 10.1 Å². The van der Waals surface area contributed by atoms with E-state index in [2.05, 4.69) is 6.92 Å². The molecule has 1 aromatic rings. The van der Waals surface area contributed by atoms with Gasteiger partial charge in [0.05, 0.1) is 22.0 Å². The fourth-order valence-corrected chi connectivity index (χ4v) is 10.6. The lowest BCUT2D eigenvalue weighted by molar-refractivity contribution is -0.223. The van der Waals surface area contributed by atoms with Gasteiger partial charge in [-0.05, 0) is 82.9 Å². The number of aliphatic hydroxyl groups excluding tert-OH is 1. The van der Waals surface area contributed by atoms with Crippen LogP contribution in [0.4, 0.5) is 0 Å². The summed E-state index contributed by atoms with van der Waals surface area (Å²) in [6.07, 6.45) is 3.02. The quantitative estimate of drug-likeness (QED) is 0.381. The molecule has 5 aliphatic rings. The molecule has 41 heavy (non-hydrogen) atoms. The molecule has 4 aliphatic carbocycles. The Bertz CT molecular complexity index is 1440. The number of aryl methyl sites for hydroxylation is 1. The van der Waals surface area contributed by atoms with Crippen molar-refractivity contribution in [3.05, 3.63) is 41.5 Å². The Kier molecular flexibility index (Phi) is 6.60. The second kappa shape index (κ2) is 9.19. The van der Waals surface area contributed by atoms with Gasteiger partial charge in [0.2, 0.25) is 0 Å². The second-order valence-corrected chi connectivity index (χ2v) is 15.9. The Morgan fingerprint density at radius 3 is 2.49 bits per heavy atom. The van der Waals surface area contributed by atoms with Crippen molar-refractivity contribution >= 4 is 33.3 Å². The number of fused-ring (bicyclic) bond motifs is 7. The molecule has 0 aromatic heterocycles. The molecule has 3 saturated carbocycles.